The molecule has 5 heteroatoms. The van der Waals surface area contributed by atoms with Gasteiger partial charge in [0.05, 0.1) is 6.21 Å². The fraction of sp³-hybridized carbons (Fsp3) is 0. The maximum Gasteiger partial charge on any atom is 0.184 e. The van der Waals surface area contributed by atoms with Crippen molar-refractivity contribution in [2.75, 3.05) is 0 Å². The first kappa shape index (κ1) is 13.0. The average Bonchev–Trinajstić information content (AvgIpc) is 2.39. The molecule has 96 valence electrons. The Morgan fingerprint density at radius 1 is 1.16 bits per heavy atom. The molecule has 4 nitrogen and oxygen atoms in total. The summed E-state index contributed by atoms with van der Waals surface area (Å²) in [5.74, 6) is 0.252. The summed E-state index contributed by atoms with van der Waals surface area (Å²) in [5.41, 5.74) is 10.8. The average molecular weight is 271 g/mol. The number of aromatic hydroxyl groups is 1. The standard InChI is InChI=1S/C14H13N3OS/c15-14(19)17-16-9-10-2-1-3-12(8-10)11-4-6-13(18)7-5-11/h1-9,18H,(H3,15,17,19). The molecule has 0 atom stereocenters. The molecule has 0 spiro atoms. The van der Waals surface area contributed by atoms with Crippen LogP contribution in [0.3, 0.4) is 0 Å². The number of phenols is 1. The Morgan fingerprint density at radius 2 is 1.89 bits per heavy atom. The van der Waals surface area contributed by atoms with Crippen molar-refractivity contribution < 1.29 is 5.11 Å². The number of hydrazone groups is 1. The third-order valence-electron chi connectivity index (χ3n) is 2.48. The lowest BCUT2D eigenvalue weighted by Crippen LogP contribution is -2.23. The Labute approximate surface area is 116 Å². The van der Waals surface area contributed by atoms with Crippen molar-refractivity contribution in [3.05, 3.63) is 54.1 Å². The molecule has 2 aromatic carbocycles. The molecule has 0 radical (unpaired) electrons. The first-order chi connectivity index (χ1) is 9.15. The molecular weight excluding hydrogens is 258 g/mol. The number of rotatable bonds is 3. The van der Waals surface area contributed by atoms with E-state index in [0.717, 1.165) is 16.7 Å². The summed E-state index contributed by atoms with van der Waals surface area (Å²) >= 11 is 4.65. The molecule has 2 rings (SSSR count). The van der Waals surface area contributed by atoms with Gasteiger partial charge in [-0.05, 0) is 47.1 Å². The Balaban J connectivity index is 2.21. The van der Waals surface area contributed by atoms with Crippen LogP contribution in [0.4, 0.5) is 0 Å². The van der Waals surface area contributed by atoms with E-state index in [1.165, 1.54) is 0 Å². The van der Waals surface area contributed by atoms with E-state index in [9.17, 15) is 5.11 Å². The van der Waals surface area contributed by atoms with E-state index >= 15 is 0 Å². The largest absolute Gasteiger partial charge is 0.508 e. The molecule has 0 heterocycles. The highest BCUT2D eigenvalue weighted by atomic mass is 32.1. The van der Waals surface area contributed by atoms with E-state index in [-0.39, 0.29) is 10.9 Å². The van der Waals surface area contributed by atoms with Crippen LogP contribution < -0.4 is 11.2 Å². The Bertz CT molecular complexity index is 608. The van der Waals surface area contributed by atoms with E-state index in [1.807, 2.05) is 36.4 Å². The van der Waals surface area contributed by atoms with Gasteiger partial charge in [0.15, 0.2) is 5.11 Å². The molecule has 4 N–H and O–H groups in total. The zero-order valence-electron chi connectivity index (χ0n) is 10.1. The van der Waals surface area contributed by atoms with Gasteiger partial charge in [-0.25, -0.2) is 0 Å². The van der Waals surface area contributed by atoms with Gasteiger partial charge in [-0.15, -0.1) is 0 Å². The summed E-state index contributed by atoms with van der Waals surface area (Å²) in [7, 11) is 0. The number of hydrogen-bond donors (Lipinski definition) is 3. The van der Waals surface area contributed by atoms with Gasteiger partial charge in [0.2, 0.25) is 0 Å². The molecule has 0 bridgehead atoms. The van der Waals surface area contributed by atoms with Gasteiger partial charge < -0.3 is 10.8 Å². The predicted molar refractivity (Wildman–Crippen MR) is 81.1 cm³/mol. The van der Waals surface area contributed by atoms with Gasteiger partial charge >= 0.3 is 0 Å². The molecular formula is C14H13N3OS. The summed E-state index contributed by atoms with van der Waals surface area (Å²) in [5, 5.41) is 13.3. The lowest BCUT2D eigenvalue weighted by molar-refractivity contribution is 0.475. The monoisotopic (exact) mass is 271 g/mol. The highest BCUT2D eigenvalue weighted by Crippen LogP contribution is 2.22. The second-order valence-corrected chi connectivity index (χ2v) is 4.35. The third-order valence-corrected chi connectivity index (χ3v) is 2.57. The minimum Gasteiger partial charge on any atom is -0.508 e. The van der Waals surface area contributed by atoms with Crippen molar-refractivity contribution in [1.82, 2.24) is 5.43 Å². The van der Waals surface area contributed by atoms with E-state index < -0.39 is 0 Å². The number of nitrogens with zero attached hydrogens (tertiary/aromatic N) is 1. The molecule has 0 amide bonds. The third kappa shape index (κ3) is 3.79. The van der Waals surface area contributed by atoms with E-state index in [0.29, 0.717) is 0 Å². The summed E-state index contributed by atoms with van der Waals surface area (Å²) in [6.45, 7) is 0. The Kier molecular flexibility index (Phi) is 4.10. The summed E-state index contributed by atoms with van der Waals surface area (Å²) < 4.78 is 0. The van der Waals surface area contributed by atoms with Crippen molar-refractivity contribution in [3.8, 4) is 16.9 Å². The maximum atomic E-state index is 9.27. The van der Waals surface area contributed by atoms with Gasteiger partial charge in [-0.1, -0.05) is 30.3 Å². The number of thiocarbonyl (C=S) groups is 1. The van der Waals surface area contributed by atoms with E-state index in [1.54, 1.807) is 18.3 Å². The van der Waals surface area contributed by atoms with Crippen LogP contribution >= 0.6 is 12.2 Å². The topological polar surface area (TPSA) is 70.6 Å². The van der Waals surface area contributed by atoms with E-state index in [2.05, 4.69) is 22.7 Å². The van der Waals surface area contributed by atoms with Gasteiger partial charge in [0, 0.05) is 0 Å². The van der Waals surface area contributed by atoms with Crippen LogP contribution in [0.1, 0.15) is 5.56 Å². The molecule has 0 aliphatic rings. The Hall–Kier alpha value is -2.40. The number of hydrogen-bond acceptors (Lipinski definition) is 3. The Morgan fingerprint density at radius 3 is 2.58 bits per heavy atom. The first-order valence-corrected chi connectivity index (χ1v) is 6.04. The minimum absolute atomic E-state index is 0.130. The number of nitrogens with one attached hydrogen (secondary N) is 1. The van der Waals surface area contributed by atoms with Crippen molar-refractivity contribution in [1.29, 1.82) is 0 Å². The zero-order chi connectivity index (χ0) is 13.7. The molecule has 2 aromatic rings. The van der Waals surface area contributed by atoms with Crippen LogP contribution in [0.2, 0.25) is 0 Å². The highest BCUT2D eigenvalue weighted by molar-refractivity contribution is 7.80. The van der Waals surface area contributed by atoms with Gasteiger partial charge in [0.25, 0.3) is 0 Å². The summed E-state index contributed by atoms with van der Waals surface area (Å²) in [4.78, 5) is 0. The number of benzene rings is 2. The second-order valence-electron chi connectivity index (χ2n) is 3.91. The zero-order valence-corrected chi connectivity index (χ0v) is 10.9. The summed E-state index contributed by atoms with van der Waals surface area (Å²) in [6.07, 6.45) is 1.64. The molecule has 0 saturated carbocycles. The molecule has 0 saturated heterocycles. The van der Waals surface area contributed by atoms with E-state index in [4.69, 9.17) is 5.73 Å². The van der Waals surface area contributed by atoms with Gasteiger partial charge in [-0.3, -0.25) is 5.43 Å². The smallest absolute Gasteiger partial charge is 0.184 e. The lowest BCUT2D eigenvalue weighted by atomic mass is 10.0. The second kappa shape index (κ2) is 5.97. The molecule has 19 heavy (non-hydrogen) atoms. The van der Waals surface area contributed by atoms with Crippen molar-refractivity contribution >= 4 is 23.5 Å². The van der Waals surface area contributed by atoms with Crippen LogP contribution in [-0.2, 0) is 0 Å². The van der Waals surface area contributed by atoms with Crippen LogP contribution in [0, 0.1) is 0 Å². The van der Waals surface area contributed by atoms with Crippen LogP contribution in [0.5, 0.6) is 5.75 Å². The van der Waals surface area contributed by atoms with Crippen molar-refractivity contribution in [2.45, 2.75) is 0 Å². The van der Waals surface area contributed by atoms with Crippen LogP contribution in [-0.4, -0.2) is 16.4 Å². The first-order valence-electron chi connectivity index (χ1n) is 5.63. The molecule has 0 unspecified atom stereocenters. The molecule has 0 fully saturated rings. The lowest BCUT2D eigenvalue weighted by Gasteiger charge is -2.03. The molecule has 0 aromatic heterocycles. The maximum absolute atomic E-state index is 9.27. The van der Waals surface area contributed by atoms with Gasteiger partial charge in [0.1, 0.15) is 5.75 Å². The fourth-order valence-corrected chi connectivity index (χ4v) is 1.68. The minimum atomic E-state index is 0.130. The highest BCUT2D eigenvalue weighted by Gasteiger charge is 1.98. The van der Waals surface area contributed by atoms with Crippen molar-refractivity contribution in [2.24, 2.45) is 10.8 Å². The van der Waals surface area contributed by atoms with Crippen LogP contribution in [0.25, 0.3) is 11.1 Å². The summed E-state index contributed by atoms with van der Waals surface area (Å²) in [6, 6.07) is 14.9. The predicted octanol–water partition coefficient (Wildman–Crippen LogP) is 2.23. The quantitative estimate of drug-likeness (QED) is 0.455. The van der Waals surface area contributed by atoms with Gasteiger partial charge in [-0.2, -0.15) is 5.10 Å². The number of phenolic OH excluding ortho intramolecular Hbond substituents is 1. The normalized spacial score (nSPS) is 10.5. The fourth-order valence-electron chi connectivity index (χ4n) is 1.62. The van der Waals surface area contributed by atoms with Crippen molar-refractivity contribution in [3.63, 3.8) is 0 Å². The molecule has 0 aliphatic heterocycles. The molecule has 0 aliphatic carbocycles. The number of nitrogens with two attached hydrogens (primary N) is 1. The van der Waals surface area contributed by atoms with Crippen LogP contribution in [0.15, 0.2) is 53.6 Å². The SMILES string of the molecule is NC(=S)NN=Cc1cccc(-c2ccc(O)cc2)c1.